The van der Waals surface area contributed by atoms with E-state index < -0.39 is 0 Å². The maximum Gasteiger partial charge on any atom is 0.160 e. The fourth-order valence-electron chi connectivity index (χ4n) is 10.9. The molecule has 0 bridgehead atoms. The van der Waals surface area contributed by atoms with E-state index in [9.17, 15) is 0 Å². The number of nitrogens with zero attached hydrogens (tertiary/aromatic N) is 4. The van der Waals surface area contributed by atoms with Crippen molar-refractivity contribution in [2.24, 2.45) is 5.92 Å². The average molecular weight is 825 g/mol. The predicted octanol–water partition coefficient (Wildman–Crippen LogP) is 15.7. The van der Waals surface area contributed by atoms with E-state index in [4.69, 9.17) is 16.5 Å². The number of fused-ring (bicyclic) bond motifs is 4. The molecule has 0 saturated carbocycles. The highest BCUT2D eigenvalue weighted by Crippen LogP contribution is 2.55. The number of allylic oxidation sites excluding steroid dienone is 8. The molecule has 0 radical (unpaired) electrons. The summed E-state index contributed by atoms with van der Waals surface area (Å²) in [6.45, 7) is 7.12. The summed E-state index contributed by atoms with van der Waals surface area (Å²) in [5.41, 5.74) is 19.1. The SMILES string of the molecule is C=C1C(C2CCC=C/C2=C/C)c2cc(-c3ccc4c(c3)N(c3ccccc3)C3=C(CCC=C3)C4)ccc2N1c1cccc(-c2nc(-c3cccc4ccccc34)c3ccccc3n2)c1. The summed E-state index contributed by atoms with van der Waals surface area (Å²) >= 11 is 0. The van der Waals surface area contributed by atoms with Gasteiger partial charge in [0.15, 0.2) is 5.82 Å². The maximum absolute atomic E-state index is 5.38. The van der Waals surface area contributed by atoms with Crippen LogP contribution >= 0.6 is 0 Å². The fourth-order valence-corrected chi connectivity index (χ4v) is 10.9. The average Bonchev–Trinajstić information content (AvgIpc) is 3.65. The van der Waals surface area contributed by atoms with Crippen molar-refractivity contribution < 1.29 is 0 Å². The molecule has 0 saturated heterocycles. The van der Waals surface area contributed by atoms with Gasteiger partial charge in [-0.05, 0) is 144 Å². The summed E-state index contributed by atoms with van der Waals surface area (Å²) in [4.78, 5) is 15.5. The third kappa shape index (κ3) is 6.35. The summed E-state index contributed by atoms with van der Waals surface area (Å²) in [6, 6.07) is 57.3. The number of rotatable bonds is 6. The molecule has 64 heavy (non-hydrogen) atoms. The van der Waals surface area contributed by atoms with Crippen molar-refractivity contribution in [2.45, 2.75) is 44.9 Å². The van der Waals surface area contributed by atoms with E-state index in [0.29, 0.717) is 11.7 Å². The van der Waals surface area contributed by atoms with Gasteiger partial charge in [0, 0.05) is 50.9 Å². The Balaban J connectivity index is 0.972. The van der Waals surface area contributed by atoms with E-state index in [-0.39, 0.29) is 5.92 Å². The molecule has 3 heterocycles. The van der Waals surface area contributed by atoms with Gasteiger partial charge >= 0.3 is 0 Å². The molecular weight excluding hydrogens is 777 g/mol. The maximum atomic E-state index is 5.38. The molecule has 308 valence electrons. The highest BCUT2D eigenvalue weighted by Gasteiger charge is 2.40. The van der Waals surface area contributed by atoms with Gasteiger partial charge in [0.1, 0.15) is 0 Å². The van der Waals surface area contributed by atoms with Crippen LogP contribution in [0, 0.1) is 5.92 Å². The zero-order chi connectivity index (χ0) is 42.7. The van der Waals surface area contributed by atoms with Crippen LogP contribution in [0.2, 0.25) is 0 Å². The number of hydrogen-bond donors (Lipinski definition) is 0. The first kappa shape index (κ1) is 38.1. The molecule has 4 aliphatic rings. The Kier molecular flexibility index (Phi) is 9.33. The van der Waals surface area contributed by atoms with Crippen LogP contribution in [0.3, 0.4) is 0 Å². The Morgan fingerprint density at radius 2 is 1.39 bits per heavy atom. The van der Waals surface area contributed by atoms with Crippen molar-refractivity contribution in [2.75, 3.05) is 9.80 Å². The van der Waals surface area contributed by atoms with Crippen molar-refractivity contribution in [1.29, 1.82) is 0 Å². The molecule has 1 aromatic heterocycles. The molecule has 0 fully saturated rings. The van der Waals surface area contributed by atoms with Crippen molar-refractivity contribution in [3.8, 4) is 33.8 Å². The molecule has 0 N–H and O–H groups in total. The molecule has 12 rings (SSSR count). The van der Waals surface area contributed by atoms with Crippen LogP contribution in [0.5, 0.6) is 0 Å². The van der Waals surface area contributed by atoms with Crippen molar-refractivity contribution >= 4 is 44.4 Å². The molecule has 2 atom stereocenters. The molecular formula is C60H48N4. The quantitative estimate of drug-likeness (QED) is 0.167. The lowest BCUT2D eigenvalue weighted by Crippen LogP contribution is -2.24. The summed E-state index contributed by atoms with van der Waals surface area (Å²) in [7, 11) is 0. The van der Waals surface area contributed by atoms with E-state index >= 15 is 0 Å². The molecule has 7 aromatic carbocycles. The molecule has 4 nitrogen and oxygen atoms in total. The second kappa shape index (κ2) is 15.7. The van der Waals surface area contributed by atoms with Crippen molar-refractivity contribution in [3.05, 3.63) is 228 Å². The van der Waals surface area contributed by atoms with Crippen LogP contribution in [0.1, 0.15) is 49.7 Å². The number of para-hydroxylation sites is 2. The van der Waals surface area contributed by atoms with Crippen LogP contribution in [0.15, 0.2) is 217 Å². The highest BCUT2D eigenvalue weighted by molar-refractivity contribution is 6.03. The van der Waals surface area contributed by atoms with E-state index in [0.717, 1.165) is 71.2 Å². The van der Waals surface area contributed by atoms with Gasteiger partial charge in [-0.1, -0.05) is 140 Å². The van der Waals surface area contributed by atoms with Crippen LogP contribution < -0.4 is 9.80 Å². The first-order chi connectivity index (χ1) is 31.6. The second-order valence-electron chi connectivity index (χ2n) is 17.6. The molecule has 8 aromatic rings. The smallest absolute Gasteiger partial charge is 0.160 e. The van der Waals surface area contributed by atoms with Gasteiger partial charge in [0.25, 0.3) is 0 Å². The number of benzene rings is 7. The van der Waals surface area contributed by atoms with Gasteiger partial charge < -0.3 is 9.80 Å². The minimum atomic E-state index is 0.114. The van der Waals surface area contributed by atoms with Crippen molar-refractivity contribution in [3.63, 3.8) is 0 Å². The normalized spacial score (nSPS) is 18.5. The minimum absolute atomic E-state index is 0.114. The van der Waals surface area contributed by atoms with Gasteiger partial charge in [-0.3, -0.25) is 0 Å². The van der Waals surface area contributed by atoms with Crippen LogP contribution in [-0.2, 0) is 6.42 Å². The molecule has 4 heteroatoms. The molecule has 0 spiro atoms. The largest absolute Gasteiger partial charge is 0.314 e. The van der Waals surface area contributed by atoms with E-state index in [1.165, 1.54) is 66.9 Å². The van der Waals surface area contributed by atoms with Gasteiger partial charge in [-0.15, -0.1) is 0 Å². The van der Waals surface area contributed by atoms with E-state index in [1.807, 2.05) is 0 Å². The lowest BCUT2D eigenvalue weighted by atomic mass is 9.75. The zero-order valence-corrected chi connectivity index (χ0v) is 36.1. The standard InChI is InChI=1S/C60H48N4/c1-3-40-17-7-11-26-50(40)58-39(2)63(48-24-15-21-46(36-48)60-61-54-29-13-12-27-52(54)59(62-60)51-28-16-20-41-18-8-10-25-49(41)51)56-34-33-42(37-53(56)58)43-31-32-45-35-44-19-9-14-30-55(44)64(57(45)38-43)47-22-5-4-6-23-47/h3-8,10,12-18,20-25,27-34,36-38,50,58H,2,9,11,19,26,35H2,1H3/b40-3-. The highest BCUT2D eigenvalue weighted by atomic mass is 15.2. The predicted molar refractivity (Wildman–Crippen MR) is 267 cm³/mol. The Hall–Kier alpha value is -7.56. The lowest BCUT2D eigenvalue weighted by Gasteiger charge is -2.36. The summed E-state index contributed by atoms with van der Waals surface area (Å²) < 4.78 is 0. The Morgan fingerprint density at radius 3 is 2.30 bits per heavy atom. The summed E-state index contributed by atoms with van der Waals surface area (Å²) in [5, 5.41) is 3.41. The van der Waals surface area contributed by atoms with Gasteiger partial charge in [-0.2, -0.15) is 0 Å². The Labute approximate surface area is 375 Å². The van der Waals surface area contributed by atoms with Gasteiger partial charge in [-0.25, -0.2) is 9.97 Å². The molecule has 2 unspecified atom stereocenters. The second-order valence-corrected chi connectivity index (χ2v) is 17.6. The van der Waals surface area contributed by atoms with E-state index in [2.05, 4.69) is 205 Å². The fraction of sp³-hybridized carbons (Fsp3) is 0.133. The van der Waals surface area contributed by atoms with E-state index in [1.54, 1.807) is 0 Å². The number of anilines is 4. The Bertz CT molecular complexity index is 3310. The molecule has 2 aliphatic carbocycles. The van der Waals surface area contributed by atoms with Gasteiger partial charge in [0.05, 0.1) is 16.9 Å². The third-order valence-electron chi connectivity index (χ3n) is 13.9. The lowest BCUT2D eigenvalue weighted by molar-refractivity contribution is 0.503. The third-order valence-corrected chi connectivity index (χ3v) is 13.9. The summed E-state index contributed by atoms with van der Waals surface area (Å²) in [5.74, 6) is 1.14. The first-order valence-corrected chi connectivity index (χ1v) is 22.8. The Morgan fingerprint density at radius 1 is 0.625 bits per heavy atom. The van der Waals surface area contributed by atoms with Gasteiger partial charge in [0.2, 0.25) is 0 Å². The first-order valence-electron chi connectivity index (χ1n) is 22.8. The summed E-state index contributed by atoms with van der Waals surface area (Å²) in [6.07, 6.45) is 17.0. The van der Waals surface area contributed by atoms with Crippen molar-refractivity contribution in [1.82, 2.24) is 9.97 Å². The molecule has 0 amide bonds. The molecule has 2 aliphatic heterocycles. The zero-order valence-electron chi connectivity index (χ0n) is 36.1. The minimum Gasteiger partial charge on any atom is -0.314 e. The number of hydrogen-bond acceptors (Lipinski definition) is 4. The topological polar surface area (TPSA) is 32.3 Å². The monoisotopic (exact) mass is 824 g/mol. The number of aromatic nitrogens is 2. The van der Waals surface area contributed by atoms with Crippen LogP contribution in [0.25, 0.3) is 55.4 Å². The van der Waals surface area contributed by atoms with Crippen LogP contribution in [-0.4, -0.2) is 9.97 Å². The van der Waals surface area contributed by atoms with Crippen LogP contribution in [0.4, 0.5) is 22.7 Å².